The van der Waals surface area contributed by atoms with Crippen molar-refractivity contribution in [1.82, 2.24) is 5.32 Å². The van der Waals surface area contributed by atoms with Crippen molar-refractivity contribution in [3.63, 3.8) is 0 Å². The first-order valence-corrected chi connectivity index (χ1v) is 6.77. The van der Waals surface area contributed by atoms with Gasteiger partial charge in [0.15, 0.2) is 18.3 Å². The highest BCUT2D eigenvalue weighted by atomic mass is 16.9. The molecule has 0 aromatic rings. The van der Waals surface area contributed by atoms with Gasteiger partial charge in [-0.3, -0.25) is 0 Å². The van der Waals surface area contributed by atoms with Gasteiger partial charge in [0, 0.05) is 0 Å². The maximum atomic E-state index is 10.6. The van der Waals surface area contributed by atoms with Crippen LogP contribution in [-0.2, 0) is 9.47 Å². The fourth-order valence-electron chi connectivity index (χ4n) is 4.24. The van der Waals surface area contributed by atoms with E-state index in [-0.39, 0.29) is 5.96 Å². The lowest BCUT2D eigenvalue weighted by molar-refractivity contribution is -0.548. The monoisotopic (exact) mass is 319 g/mol. The van der Waals surface area contributed by atoms with Crippen LogP contribution in [0.1, 0.15) is 0 Å². The molecule has 9 atom stereocenters. The van der Waals surface area contributed by atoms with Crippen LogP contribution in [0.4, 0.5) is 0 Å². The number of nitrogens with one attached hydrogen (secondary N) is 1. The third-order valence-electron chi connectivity index (χ3n) is 5.22. The van der Waals surface area contributed by atoms with Crippen molar-refractivity contribution >= 4 is 5.96 Å². The number of nitrogens with two attached hydrogens (primary N) is 1. The Morgan fingerprint density at radius 3 is 2.45 bits per heavy atom. The fraction of sp³-hybridized carbons (Fsp3) is 0.909. The maximum Gasteiger partial charge on any atom is 0.311 e. The van der Waals surface area contributed by atoms with Crippen LogP contribution in [0.25, 0.3) is 0 Å². The molecule has 9 N–H and O–H groups in total. The number of hydrogen-bond acceptors (Lipinski definition) is 11. The highest BCUT2D eigenvalue weighted by molar-refractivity contribution is 5.80. The number of rotatable bonds is 1. The van der Waals surface area contributed by atoms with Crippen LogP contribution in [0.5, 0.6) is 0 Å². The minimum Gasteiger partial charge on any atom is -0.393 e. The average Bonchev–Trinajstić information content (AvgIpc) is 2.45. The average molecular weight is 319 g/mol. The van der Waals surface area contributed by atoms with Crippen LogP contribution in [0.2, 0.25) is 0 Å². The summed E-state index contributed by atoms with van der Waals surface area (Å²) in [6.45, 7) is -0.857. The summed E-state index contributed by atoms with van der Waals surface area (Å²) in [5, 5.41) is 64.3. The van der Waals surface area contributed by atoms with E-state index in [0.29, 0.717) is 0 Å². The Morgan fingerprint density at radius 1 is 1.18 bits per heavy atom. The number of ether oxygens (including phenoxy) is 2. The molecule has 4 bridgehead atoms. The number of guanidine groups is 1. The second-order valence-electron chi connectivity index (χ2n) is 6.22. The van der Waals surface area contributed by atoms with Gasteiger partial charge in [-0.15, -0.1) is 0 Å². The van der Waals surface area contributed by atoms with Crippen LogP contribution in [0.3, 0.4) is 0 Å². The summed E-state index contributed by atoms with van der Waals surface area (Å²) >= 11 is 0. The normalized spacial score (nSPS) is 62.4. The van der Waals surface area contributed by atoms with E-state index in [1.165, 1.54) is 0 Å². The Labute approximate surface area is 123 Å². The second-order valence-corrected chi connectivity index (χ2v) is 6.22. The summed E-state index contributed by atoms with van der Waals surface area (Å²) in [5.74, 6) is -3.95. The summed E-state index contributed by atoms with van der Waals surface area (Å²) in [5.41, 5.74) is 1.74. The van der Waals surface area contributed by atoms with Gasteiger partial charge >= 0.3 is 5.97 Å². The van der Waals surface area contributed by atoms with Gasteiger partial charge < -0.3 is 51.2 Å². The number of nitrogens with zero attached hydrogens (tertiary/aromatic N) is 1. The maximum absolute atomic E-state index is 10.6. The minimum atomic E-state index is -2.52. The molecular weight excluding hydrogens is 302 g/mol. The highest BCUT2D eigenvalue weighted by Gasteiger charge is 2.82. The van der Waals surface area contributed by atoms with E-state index in [1.54, 1.807) is 0 Å². The summed E-state index contributed by atoms with van der Waals surface area (Å²) in [6, 6.07) is 0. The van der Waals surface area contributed by atoms with Crippen LogP contribution >= 0.6 is 0 Å². The van der Waals surface area contributed by atoms with Gasteiger partial charge in [-0.2, -0.15) is 0 Å². The molecule has 22 heavy (non-hydrogen) atoms. The molecule has 0 aromatic carbocycles. The zero-order valence-electron chi connectivity index (χ0n) is 11.2. The molecule has 11 heteroatoms. The third-order valence-corrected chi connectivity index (χ3v) is 5.22. The molecule has 0 amide bonds. The van der Waals surface area contributed by atoms with Gasteiger partial charge in [0.2, 0.25) is 0 Å². The Bertz CT molecular complexity index is 561. The first-order valence-electron chi connectivity index (χ1n) is 6.77. The summed E-state index contributed by atoms with van der Waals surface area (Å²) in [4.78, 5) is 3.70. The number of aliphatic imine (C=N–C) groups is 1. The SMILES string of the molecule is NC1=NC(O)C2C3OC4(O)OC([C@@H](O)[C@@]2(N1)[C@@H]4O)[C@@]3(O)CO. The lowest BCUT2D eigenvalue weighted by Gasteiger charge is -2.71. The first-order chi connectivity index (χ1) is 10.2. The molecule has 1 spiro atoms. The molecule has 0 aromatic heterocycles. The van der Waals surface area contributed by atoms with Crippen molar-refractivity contribution in [2.24, 2.45) is 16.6 Å². The molecule has 1 aliphatic carbocycles. The van der Waals surface area contributed by atoms with Crippen molar-refractivity contribution in [2.45, 2.75) is 47.8 Å². The predicted molar refractivity (Wildman–Crippen MR) is 65.7 cm³/mol. The van der Waals surface area contributed by atoms with E-state index in [1.807, 2.05) is 0 Å². The topological polar surface area (TPSA) is 190 Å². The number of hydrogen-bond donors (Lipinski definition) is 8. The summed E-state index contributed by atoms with van der Waals surface area (Å²) in [6.07, 6.45) is -7.77. The van der Waals surface area contributed by atoms with Crippen LogP contribution < -0.4 is 11.1 Å². The van der Waals surface area contributed by atoms with Gasteiger partial charge in [-0.1, -0.05) is 0 Å². The smallest absolute Gasteiger partial charge is 0.311 e. The molecule has 5 unspecified atom stereocenters. The Kier molecular flexibility index (Phi) is 2.57. The molecule has 5 rings (SSSR count). The first kappa shape index (κ1) is 14.5. The number of aliphatic hydroxyl groups is 6. The van der Waals surface area contributed by atoms with E-state index in [0.717, 1.165) is 0 Å². The zero-order valence-corrected chi connectivity index (χ0v) is 11.2. The minimum absolute atomic E-state index is 0.250. The molecule has 11 nitrogen and oxygen atoms in total. The van der Waals surface area contributed by atoms with Gasteiger partial charge in [-0.25, -0.2) is 4.99 Å². The van der Waals surface area contributed by atoms with Crippen LogP contribution in [-0.4, -0.2) is 91.0 Å². The zero-order chi connectivity index (χ0) is 16.1. The standard InChI is InChI=1S/C11H17N3O8/c12-8-13-6(17)2-4-9(19,1-15)5-3(16)10(2,14-8)7(18)11(20,21-4)22-5/h2-7,15-20H,1H2,(H3,12,13,14)/t2?,3-,4?,5?,6?,7+,9-,10-,11?/m1/s1. The lowest BCUT2D eigenvalue weighted by atomic mass is 9.55. The predicted octanol–water partition coefficient (Wildman–Crippen LogP) is -5.52. The van der Waals surface area contributed by atoms with E-state index in [2.05, 4.69) is 10.3 Å². The fourth-order valence-corrected chi connectivity index (χ4v) is 4.24. The molecule has 0 radical (unpaired) electrons. The quantitative estimate of drug-likeness (QED) is 0.231. The molecule has 4 heterocycles. The van der Waals surface area contributed by atoms with Gasteiger partial charge in [-0.05, 0) is 0 Å². The Morgan fingerprint density at radius 2 is 1.82 bits per heavy atom. The van der Waals surface area contributed by atoms with Crippen LogP contribution in [0, 0.1) is 5.92 Å². The molecule has 4 aliphatic heterocycles. The summed E-state index contributed by atoms with van der Waals surface area (Å²) < 4.78 is 10.3. The van der Waals surface area contributed by atoms with E-state index >= 15 is 0 Å². The van der Waals surface area contributed by atoms with Gasteiger partial charge in [0.05, 0.1) is 12.5 Å². The van der Waals surface area contributed by atoms with Crippen molar-refractivity contribution in [3.8, 4) is 0 Å². The van der Waals surface area contributed by atoms with E-state index in [9.17, 15) is 30.6 Å². The number of aliphatic hydroxyl groups excluding tert-OH is 4. The van der Waals surface area contributed by atoms with Crippen LogP contribution in [0.15, 0.2) is 4.99 Å². The largest absolute Gasteiger partial charge is 0.393 e. The van der Waals surface area contributed by atoms with E-state index in [4.69, 9.17) is 15.2 Å². The van der Waals surface area contributed by atoms with E-state index < -0.39 is 60.3 Å². The second kappa shape index (κ2) is 3.88. The van der Waals surface area contributed by atoms with Crippen molar-refractivity contribution in [1.29, 1.82) is 0 Å². The van der Waals surface area contributed by atoms with Crippen molar-refractivity contribution in [3.05, 3.63) is 0 Å². The third kappa shape index (κ3) is 1.28. The Hall–Kier alpha value is -1.05. The van der Waals surface area contributed by atoms with Gasteiger partial charge in [0.25, 0.3) is 0 Å². The Balaban J connectivity index is 1.95. The molecule has 124 valence electrons. The highest BCUT2D eigenvalue weighted by Crippen LogP contribution is 2.58. The molecule has 5 aliphatic rings. The van der Waals surface area contributed by atoms with Crippen molar-refractivity contribution < 1.29 is 40.1 Å². The molecular formula is C11H17N3O8. The molecule has 3 saturated heterocycles. The van der Waals surface area contributed by atoms with Gasteiger partial charge in [0.1, 0.15) is 29.5 Å². The molecule has 1 saturated carbocycles. The summed E-state index contributed by atoms with van der Waals surface area (Å²) in [7, 11) is 0. The molecule has 4 fully saturated rings. The van der Waals surface area contributed by atoms with Crippen molar-refractivity contribution in [2.75, 3.05) is 6.61 Å². The lowest BCUT2D eigenvalue weighted by Crippen LogP contribution is -2.95.